The van der Waals surface area contributed by atoms with E-state index >= 15 is 0 Å². The lowest BCUT2D eigenvalue weighted by Crippen LogP contribution is -1.84. The molecule has 3 heteroatoms. The van der Waals surface area contributed by atoms with Crippen molar-refractivity contribution in [2.24, 2.45) is 7.05 Å². The van der Waals surface area contributed by atoms with E-state index in [9.17, 15) is 0 Å². The normalized spacial score (nSPS) is 8.82. The zero-order valence-corrected chi connectivity index (χ0v) is 8.31. The fourth-order valence-electron chi connectivity index (χ4n) is 0.748. The van der Waals surface area contributed by atoms with Gasteiger partial charge in [-0.05, 0) is 6.42 Å². The summed E-state index contributed by atoms with van der Waals surface area (Å²) in [4.78, 5) is 0. The van der Waals surface area contributed by atoms with Gasteiger partial charge in [-0.3, -0.25) is 4.68 Å². The number of halogens is 1. The van der Waals surface area contributed by atoms with Gasteiger partial charge in [-0.1, -0.05) is 32.4 Å². The topological polar surface area (TPSA) is 17.8 Å². The second kappa shape index (κ2) is 5.19. The molecule has 1 rings (SSSR count). The summed E-state index contributed by atoms with van der Waals surface area (Å²) in [6, 6.07) is 0. The van der Waals surface area contributed by atoms with Gasteiger partial charge in [0.05, 0.1) is 0 Å². The third-order valence-corrected chi connectivity index (χ3v) is 1.55. The monoisotopic (exact) mass is 174 g/mol. The van der Waals surface area contributed by atoms with Crippen molar-refractivity contribution in [2.45, 2.75) is 27.2 Å². The van der Waals surface area contributed by atoms with E-state index in [0.717, 1.165) is 12.0 Å². The number of rotatable bonds is 1. The van der Waals surface area contributed by atoms with Crippen molar-refractivity contribution in [3.8, 4) is 0 Å². The lowest BCUT2D eigenvalue weighted by Gasteiger charge is -1.83. The average Bonchev–Trinajstić information content (AvgIpc) is 2.33. The molecule has 0 aliphatic heterocycles. The Labute approximate surface area is 73.2 Å². The molecule has 0 saturated heterocycles. The third-order valence-electron chi connectivity index (χ3n) is 1.23. The molecule has 0 radical (unpaired) electrons. The summed E-state index contributed by atoms with van der Waals surface area (Å²) in [6.45, 7) is 6.06. The van der Waals surface area contributed by atoms with Gasteiger partial charge in [-0.25, -0.2) is 0 Å². The Hall–Kier alpha value is -0.500. The lowest BCUT2D eigenvalue weighted by molar-refractivity contribution is 0.767. The van der Waals surface area contributed by atoms with E-state index in [-0.39, 0.29) is 0 Å². The first-order valence-electron chi connectivity index (χ1n) is 3.92. The molecule has 0 unspecified atom stereocenters. The fourth-order valence-corrected chi connectivity index (χ4v) is 1.05. The van der Waals surface area contributed by atoms with Gasteiger partial charge in [-0.15, -0.1) is 0 Å². The molecule has 0 bridgehead atoms. The van der Waals surface area contributed by atoms with Crippen LogP contribution in [0.1, 0.15) is 26.3 Å². The molecular formula is C8H15ClN2. The summed E-state index contributed by atoms with van der Waals surface area (Å²) in [5.74, 6) is 0. The van der Waals surface area contributed by atoms with Gasteiger partial charge in [0.2, 0.25) is 0 Å². The largest absolute Gasteiger partial charge is 0.274 e. The van der Waals surface area contributed by atoms with Gasteiger partial charge in [0.1, 0.15) is 0 Å². The SMILES string of the molecule is CC.CCc1cn(C)nc1Cl. The van der Waals surface area contributed by atoms with Gasteiger partial charge < -0.3 is 0 Å². The minimum Gasteiger partial charge on any atom is -0.274 e. The summed E-state index contributed by atoms with van der Waals surface area (Å²) in [7, 11) is 1.87. The molecule has 0 fully saturated rings. The van der Waals surface area contributed by atoms with E-state index in [1.54, 1.807) is 4.68 Å². The number of hydrogen-bond donors (Lipinski definition) is 0. The minimum absolute atomic E-state index is 0.625. The van der Waals surface area contributed by atoms with Crippen molar-refractivity contribution in [3.05, 3.63) is 16.9 Å². The van der Waals surface area contributed by atoms with E-state index in [1.165, 1.54) is 0 Å². The van der Waals surface area contributed by atoms with Crippen molar-refractivity contribution < 1.29 is 0 Å². The quantitative estimate of drug-likeness (QED) is 0.640. The van der Waals surface area contributed by atoms with E-state index in [4.69, 9.17) is 11.6 Å². The molecule has 0 aliphatic carbocycles. The Morgan fingerprint density at radius 2 is 2.09 bits per heavy atom. The lowest BCUT2D eigenvalue weighted by atomic mass is 10.3. The predicted molar refractivity (Wildman–Crippen MR) is 48.9 cm³/mol. The highest BCUT2D eigenvalue weighted by Crippen LogP contribution is 2.11. The highest BCUT2D eigenvalue weighted by atomic mass is 35.5. The third kappa shape index (κ3) is 2.93. The first kappa shape index (κ1) is 10.5. The standard InChI is InChI=1S/C6H9ClN2.C2H6/c1-3-5-4-9(2)8-6(5)7;1-2/h4H,3H2,1-2H3;1-2H3. The second-order valence-corrected chi connectivity index (χ2v) is 2.33. The fraction of sp³-hybridized carbons (Fsp3) is 0.625. The van der Waals surface area contributed by atoms with Gasteiger partial charge >= 0.3 is 0 Å². The van der Waals surface area contributed by atoms with Crippen LogP contribution < -0.4 is 0 Å². The van der Waals surface area contributed by atoms with Crippen molar-refractivity contribution >= 4 is 11.6 Å². The molecule has 0 atom stereocenters. The Kier molecular flexibility index (Phi) is 4.95. The molecular weight excluding hydrogens is 160 g/mol. The number of nitrogens with zero attached hydrogens (tertiary/aromatic N) is 2. The van der Waals surface area contributed by atoms with Crippen molar-refractivity contribution in [2.75, 3.05) is 0 Å². The highest BCUT2D eigenvalue weighted by molar-refractivity contribution is 6.30. The van der Waals surface area contributed by atoms with Crippen molar-refractivity contribution in [3.63, 3.8) is 0 Å². The maximum Gasteiger partial charge on any atom is 0.154 e. The molecule has 11 heavy (non-hydrogen) atoms. The molecule has 64 valence electrons. The molecule has 0 amide bonds. The van der Waals surface area contributed by atoms with Crippen LogP contribution in [0.3, 0.4) is 0 Å². The predicted octanol–water partition coefficient (Wildman–Crippen LogP) is 2.66. The van der Waals surface area contributed by atoms with Gasteiger partial charge in [-0.2, -0.15) is 5.10 Å². The summed E-state index contributed by atoms with van der Waals surface area (Å²) in [6.07, 6.45) is 2.88. The summed E-state index contributed by atoms with van der Waals surface area (Å²) < 4.78 is 1.72. The minimum atomic E-state index is 0.625. The molecule has 1 heterocycles. The van der Waals surface area contributed by atoms with Gasteiger partial charge in [0.25, 0.3) is 0 Å². The zero-order valence-electron chi connectivity index (χ0n) is 7.56. The summed E-state index contributed by atoms with van der Waals surface area (Å²) in [5.41, 5.74) is 1.11. The van der Waals surface area contributed by atoms with E-state index in [2.05, 4.69) is 12.0 Å². The van der Waals surface area contributed by atoms with Crippen molar-refractivity contribution in [1.82, 2.24) is 9.78 Å². The molecule has 0 saturated carbocycles. The Balaban J connectivity index is 0.000000461. The first-order valence-corrected chi connectivity index (χ1v) is 4.30. The molecule has 0 aliphatic rings. The Bertz CT molecular complexity index is 206. The number of aromatic nitrogens is 2. The maximum atomic E-state index is 5.71. The number of aryl methyl sites for hydroxylation is 2. The van der Waals surface area contributed by atoms with E-state index < -0.39 is 0 Å². The van der Waals surface area contributed by atoms with E-state index in [1.807, 2.05) is 27.1 Å². The Morgan fingerprint density at radius 1 is 1.55 bits per heavy atom. The van der Waals surface area contributed by atoms with Crippen LogP contribution >= 0.6 is 11.6 Å². The highest BCUT2D eigenvalue weighted by Gasteiger charge is 1.99. The summed E-state index contributed by atoms with van der Waals surface area (Å²) in [5, 5.41) is 4.59. The molecule has 2 nitrogen and oxygen atoms in total. The van der Waals surface area contributed by atoms with Crippen LogP contribution in [0, 0.1) is 0 Å². The smallest absolute Gasteiger partial charge is 0.154 e. The maximum absolute atomic E-state index is 5.71. The van der Waals surface area contributed by atoms with Gasteiger partial charge in [0.15, 0.2) is 5.15 Å². The van der Waals surface area contributed by atoms with Crippen LogP contribution in [0.4, 0.5) is 0 Å². The van der Waals surface area contributed by atoms with Crippen LogP contribution in [0.2, 0.25) is 5.15 Å². The molecule has 1 aromatic rings. The second-order valence-electron chi connectivity index (χ2n) is 1.97. The molecule has 0 spiro atoms. The first-order chi connectivity index (χ1) is 5.24. The van der Waals surface area contributed by atoms with Crippen LogP contribution in [0.25, 0.3) is 0 Å². The van der Waals surface area contributed by atoms with Crippen LogP contribution in [0.5, 0.6) is 0 Å². The molecule has 0 N–H and O–H groups in total. The Morgan fingerprint density at radius 3 is 2.27 bits per heavy atom. The van der Waals surface area contributed by atoms with Crippen LogP contribution in [0.15, 0.2) is 6.20 Å². The average molecular weight is 175 g/mol. The van der Waals surface area contributed by atoms with Gasteiger partial charge in [0, 0.05) is 18.8 Å². The molecule has 1 aromatic heterocycles. The summed E-state index contributed by atoms with van der Waals surface area (Å²) >= 11 is 5.71. The van der Waals surface area contributed by atoms with Crippen molar-refractivity contribution in [1.29, 1.82) is 0 Å². The van der Waals surface area contributed by atoms with Crippen LogP contribution in [-0.2, 0) is 13.5 Å². The van der Waals surface area contributed by atoms with Crippen LogP contribution in [-0.4, -0.2) is 9.78 Å². The number of hydrogen-bond acceptors (Lipinski definition) is 1. The van der Waals surface area contributed by atoms with E-state index in [0.29, 0.717) is 5.15 Å². The molecule has 0 aromatic carbocycles. The zero-order chi connectivity index (χ0) is 8.85.